The molecule has 0 unspecified atom stereocenters. The van der Waals surface area contributed by atoms with Crippen LogP contribution < -0.4 is 16.2 Å². The monoisotopic (exact) mass is 296 g/mol. The van der Waals surface area contributed by atoms with E-state index in [1.165, 1.54) is 12.1 Å². The molecule has 0 aliphatic heterocycles. The van der Waals surface area contributed by atoms with Crippen LogP contribution in [0.4, 0.5) is 16.2 Å². The molecule has 3 amide bonds. The minimum Gasteiger partial charge on any atom is -0.307 e. The predicted molar refractivity (Wildman–Crippen MR) is 81.3 cm³/mol. The highest BCUT2D eigenvalue weighted by Crippen LogP contribution is 2.18. The maximum atomic E-state index is 12.0. The van der Waals surface area contributed by atoms with E-state index < -0.39 is 11.9 Å². The van der Waals surface area contributed by atoms with Crippen molar-refractivity contribution in [1.29, 1.82) is 0 Å². The summed E-state index contributed by atoms with van der Waals surface area (Å²) in [5.74, 6) is -0.591. The van der Waals surface area contributed by atoms with Gasteiger partial charge in [0.15, 0.2) is 0 Å². The van der Waals surface area contributed by atoms with Gasteiger partial charge >= 0.3 is 6.03 Å². The van der Waals surface area contributed by atoms with Crippen molar-refractivity contribution in [3.63, 3.8) is 0 Å². The van der Waals surface area contributed by atoms with Crippen molar-refractivity contribution in [3.05, 3.63) is 70.6 Å². The van der Waals surface area contributed by atoms with Crippen molar-refractivity contribution in [2.45, 2.75) is 0 Å². The number of hydrogen-bond donors (Lipinski definition) is 3. The summed E-state index contributed by atoms with van der Waals surface area (Å²) in [5, 5.41) is 5.96. The molecule has 8 nitrogen and oxygen atoms in total. The third-order valence-electron chi connectivity index (χ3n) is 2.62. The molecule has 2 aromatic rings. The SMILES string of the molecule is [N-]=[N+]=Nc1ccccc1C(=O)NNC(=O)Nc1ccccc1. The topological polar surface area (TPSA) is 119 Å². The largest absolute Gasteiger partial charge is 0.337 e. The Bertz CT molecular complexity index is 725. The number of hydrazine groups is 1. The fourth-order valence-corrected chi connectivity index (χ4v) is 1.67. The van der Waals surface area contributed by atoms with Crippen molar-refractivity contribution in [2.24, 2.45) is 5.11 Å². The van der Waals surface area contributed by atoms with Crippen LogP contribution in [0, 0.1) is 0 Å². The average Bonchev–Trinajstić information content (AvgIpc) is 2.54. The van der Waals surface area contributed by atoms with Crippen LogP contribution in [0.5, 0.6) is 0 Å². The predicted octanol–water partition coefficient (Wildman–Crippen LogP) is 3.09. The summed E-state index contributed by atoms with van der Waals surface area (Å²) in [6.45, 7) is 0. The number of urea groups is 1. The van der Waals surface area contributed by atoms with Gasteiger partial charge in [-0.3, -0.25) is 10.2 Å². The van der Waals surface area contributed by atoms with E-state index in [1.54, 1.807) is 36.4 Å². The zero-order valence-corrected chi connectivity index (χ0v) is 11.4. The minimum atomic E-state index is -0.596. The standard InChI is InChI=1S/C14H12N6O2/c15-20-17-12-9-5-4-8-11(12)13(21)18-19-14(22)16-10-6-2-1-3-7-10/h1-9H,(H,18,21)(H2,16,19,22). The van der Waals surface area contributed by atoms with Crippen LogP contribution in [0.3, 0.4) is 0 Å². The van der Waals surface area contributed by atoms with Gasteiger partial charge in [0.1, 0.15) is 0 Å². The van der Waals surface area contributed by atoms with Gasteiger partial charge in [0.05, 0.1) is 11.3 Å². The molecule has 0 atom stereocenters. The first-order chi connectivity index (χ1) is 10.7. The smallest absolute Gasteiger partial charge is 0.307 e. The van der Waals surface area contributed by atoms with Gasteiger partial charge < -0.3 is 5.32 Å². The summed E-state index contributed by atoms with van der Waals surface area (Å²) in [6, 6.07) is 14.4. The summed E-state index contributed by atoms with van der Waals surface area (Å²) >= 11 is 0. The van der Waals surface area contributed by atoms with E-state index in [1.807, 2.05) is 6.07 Å². The van der Waals surface area contributed by atoms with Crippen LogP contribution in [-0.4, -0.2) is 11.9 Å². The lowest BCUT2D eigenvalue weighted by molar-refractivity contribution is 0.0938. The van der Waals surface area contributed by atoms with E-state index in [4.69, 9.17) is 5.53 Å². The molecule has 0 aromatic heterocycles. The molecule has 0 bridgehead atoms. The van der Waals surface area contributed by atoms with Gasteiger partial charge in [-0.25, -0.2) is 10.2 Å². The van der Waals surface area contributed by atoms with Crippen LogP contribution >= 0.6 is 0 Å². The highest BCUT2D eigenvalue weighted by atomic mass is 16.2. The molecule has 0 fully saturated rings. The number of carbonyl (C=O) groups excluding carboxylic acids is 2. The fraction of sp³-hybridized carbons (Fsp3) is 0. The van der Waals surface area contributed by atoms with Gasteiger partial charge in [-0.05, 0) is 23.7 Å². The number of nitrogens with one attached hydrogen (secondary N) is 3. The first kappa shape index (κ1) is 14.9. The number of rotatable bonds is 3. The van der Waals surface area contributed by atoms with E-state index in [2.05, 4.69) is 26.2 Å². The van der Waals surface area contributed by atoms with Crippen LogP contribution in [0.2, 0.25) is 0 Å². The lowest BCUT2D eigenvalue weighted by Crippen LogP contribution is -2.43. The molecule has 0 aliphatic rings. The van der Waals surface area contributed by atoms with Gasteiger partial charge in [-0.15, -0.1) is 0 Å². The molecule has 2 rings (SSSR count). The van der Waals surface area contributed by atoms with Crippen LogP contribution in [0.1, 0.15) is 10.4 Å². The Morgan fingerprint density at radius 1 is 0.955 bits per heavy atom. The summed E-state index contributed by atoms with van der Waals surface area (Å²) < 4.78 is 0. The van der Waals surface area contributed by atoms with E-state index in [0.29, 0.717) is 5.69 Å². The molecule has 0 saturated heterocycles. The number of azide groups is 1. The second-order valence-corrected chi connectivity index (χ2v) is 4.11. The Hall–Kier alpha value is -3.51. The number of carbonyl (C=O) groups is 2. The molecule has 2 aromatic carbocycles. The maximum absolute atomic E-state index is 12.0. The van der Waals surface area contributed by atoms with Gasteiger partial charge in [0, 0.05) is 10.6 Å². The first-order valence-corrected chi connectivity index (χ1v) is 6.27. The summed E-state index contributed by atoms with van der Waals surface area (Å²) in [5.41, 5.74) is 13.8. The summed E-state index contributed by atoms with van der Waals surface area (Å²) in [7, 11) is 0. The molecule has 0 heterocycles. The van der Waals surface area contributed by atoms with E-state index in [9.17, 15) is 9.59 Å². The molecular weight excluding hydrogens is 284 g/mol. The third-order valence-corrected chi connectivity index (χ3v) is 2.62. The van der Waals surface area contributed by atoms with E-state index in [-0.39, 0.29) is 11.3 Å². The molecule has 0 saturated carbocycles. The number of nitrogens with zero attached hydrogens (tertiary/aromatic N) is 3. The van der Waals surface area contributed by atoms with Gasteiger partial charge in [0.25, 0.3) is 5.91 Å². The van der Waals surface area contributed by atoms with Gasteiger partial charge in [-0.2, -0.15) is 0 Å². The Kier molecular flexibility index (Phi) is 4.95. The highest BCUT2D eigenvalue weighted by molar-refractivity contribution is 6.00. The Labute approximate surface area is 125 Å². The summed E-state index contributed by atoms with van der Waals surface area (Å²) in [6.07, 6.45) is 0. The van der Waals surface area contributed by atoms with Gasteiger partial charge in [-0.1, -0.05) is 41.5 Å². The number of hydrogen-bond acceptors (Lipinski definition) is 3. The first-order valence-electron chi connectivity index (χ1n) is 6.27. The summed E-state index contributed by atoms with van der Waals surface area (Å²) in [4.78, 5) is 26.2. The number of amides is 3. The second-order valence-electron chi connectivity index (χ2n) is 4.11. The van der Waals surface area contributed by atoms with Crippen molar-refractivity contribution in [1.82, 2.24) is 10.9 Å². The molecule has 22 heavy (non-hydrogen) atoms. The Morgan fingerprint density at radius 3 is 2.36 bits per heavy atom. The molecule has 0 radical (unpaired) electrons. The van der Waals surface area contributed by atoms with E-state index >= 15 is 0 Å². The molecular formula is C14H12N6O2. The zero-order chi connectivity index (χ0) is 15.8. The van der Waals surface area contributed by atoms with Crippen molar-refractivity contribution >= 4 is 23.3 Å². The highest BCUT2D eigenvalue weighted by Gasteiger charge is 2.10. The number of para-hydroxylation sites is 1. The normalized spacial score (nSPS) is 9.27. The van der Waals surface area contributed by atoms with Gasteiger partial charge in [0.2, 0.25) is 0 Å². The Balaban J connectivity index is 1.95. The number of benzene rings is 2. The fourth-order valence-electron chi connectivity index (χ4n) is 1.67. The molecule has 8 heteroatoms. The number of anilines is 1. The molecule has 3 N–H and O–H groups in total. The Morgan fingerprint density at radius 2 is 1.64 bits per heavy atom. The van der Waals surface area contributed by atoms with Crippen LogP contribution in [0.25, 0.3) is 10.4 Å². The lowest BCUT2D eigenvalue weighted by Gasteiger charge is -2.10. The molecule has 110 valence electrons. The van der Waals surface area contributed by atoms with Crippen molar-refractivity contribution in [3.8, 4) is 0 Å². The zero-order valence-electron chi connectivity index (χ0n) is 11.4. The van der Waals surface area contributed by atoms with Crippen molar-refractivity contribution < 1.29 is 9.59 Å². The van der Waals surface area contributed by atoms with Crippen molar-refractivity contribution in [2.75, 3.05) is 5.32 Å². The van der Waals surface area contributed by atoms with Crippen LogP contribution in [0.15, 0.2) is 59.7 Å². The second kappa shape index (κ2) is 7.32. The molecule has 0 aliphatic carbocycles. The van der Waals surface area contributed by atoms with E-state index in [0.717, 1.165) is 0 Å². The maximum Gasteiger partial charge on any atom is 0.337 e. The average molecular weight is 296 g/mol. The lowest BCUT2D eigenvalue weighted by atomic mass is 10.2. The quantitative estimate of drug-likeness (QED) is 0.349. The minimum absolute atomic E-state index is 0.153. The molecule has 0 spiro atoms. The third kappa shape index (κ3) is 3.99. The van der Waals surface area contributed by atoms with Crippen LogP contribution in [-0.2, 0) is 0 Å².